The summed E-state index contributed by atoms with van der Waals surface area (Å²) in [6.45, 7) is 3.55. The molecule has 0 aliphatic rings. The van der Waals surface area contributed by atoms with Crippen LogP contribution in [-0.4, -0.2) is 42.0 Å². The summed E-state index contributed by atoms with van der Waals surface area (Å²) in [5.41, 5.74) is 1.08. The van der Waals surface area contributed by atoms with E-state index in [9.17, 15) is 13.8 Å². The Morgan fingerprint density at radius 1 is 1.18 bits per heavy atom. The first-order valence-corrected chi connectivity index (χ1v) is 14.8. The second-order valence-corrected chi connectivity index (χ2v) is 12.8. The molecule has 4 rings (SSSR count). The molecule has 11 nitrogen and oxygen atoms in total. The minimum atomic E-state index is -2.94. The number of aromatic nitrogens is 4. The minimum Gasteiger partial charge on any atom is -0.320 e. The highest BCUT2D eigenvalue weighted by Gasteiger charge is 2.24. The molecule has 0 saturated heterocycles. The molecule has 1 atom stereocenters. The predicted molar refractivity (Wildman–Crippen MR) is 151 cm³/mol. The van der Waals surface area contributed by atoms with Crippen molar-refractivity contribution in [3.05, 3.63) is 80.2 Å². The lowest BCUT2D eigenvalue weighted by Gasteiger charge is -2.15. The van der Waals surface area contributed by atoms with Crippen LogP contribution in [0.15, 0.2) is 47.1 Å². The van der Waals surface area contributed by atoms with E-state index < -0.39 is 21.5 Å². The Morgan fingerprint density at radius 2 is 1.95 bits per heavy atom. The Hall–Kier alpha value is -3.83. The average molecular weight is 604 g/mol. The maximum atomic E-state index is 13.6. The number of amides is 2. The number of nitrogens with one attached hydrogen (secondary N) is 2. The van der Waals surface area contributed by atoms with E-state index in [4.69, 9.17) is 28.5 Å². The lowest BCUT2D eigenvalue weighted by Crippen LogP contribution is -2.21. The van der Waals surface area contributed by atoms with Gasteiger partial charge in [0.2, 0.25) is 6.19 Å². The first-order chi connectivity index (χ1) is 18.5. The van der Waals surface area contributed by atoms with Gasteiger partial charge in [-0.1, -0.05) is 23.2 Å². The van der Waals surface area contributed by atoms with Crippen molar-refractivity contribution in [3.63, 3.8) is 0 Å². The van der Waals surface area contributed by atoms with Crippen LogP contribution < -0.4 is 10.6 Å². The van der Waals surface area contributed by atoms with Crippen molar-refractivity contribution in [1.29, 1.82) is 5.26 Å². The molecule has 3 heterocycles. The third-order valence-corrected chi connectivity index (χ3v) is 7.85. The van der Waals surface area contributed by atoms with Gasteiger partial charge in [0.05, 0.1) is 37.4 Å². The first kappa shape index (κ1) is 28.2. The lowest BCUT2D eigenvalue weighted by molar-refractivity contribution is 0.101. The van der Waals surface area contributed by atoms with Crippen molar-refractivity contribution in [2.75, 3.05) is 16.9 Å². The molecule has 0 spiro atoms. The van der Waals surface area contributed by atoms with Crippen molar-refractivity contribution < 1.29 is 13.8 Å². The molecule has 0 radical (unpaired) electrons. The summed E-state index contributed by atoms with van der Waals surface area (Å²) in [5, 5.41) is 19.6. The van der Waals surface area contributed by atoms with E-state index in [2.05, 4.69) is 30.1 Å². The smallest absolute Gasteiger partial charge is 0.274 e. The maximum Gasteiger partial charge on any atom is 0.274 e. The van der Waals surface area contributed by atoms with Gasteiger partial charge in [-0.2, -0.15) is 10.4 Å². The van der Waals surface area contributed by atoms with Crippen LogP contribution in [-0.2, 0) is 15.5 Å². The Morgan fingerprint density at radius 3 is 2.62 bits per heavy atom. The highest BCUT2D eigenvalue weighted by molar-refractivity contribution is 7.92. The number of hydrogen-bond donors (Lipinski definition) is 2. The monoisotopic (exact) mass is 602 g/mol. The van der Waals surface area contributed by atoms with Crippen LogP contribution in [0.4, 0.5) is 10.8 Å². The fourth-order valence-electron chi connectivity index (χ4n) is 3.59. The van der Waals surface area contributed by atoms with Gasteiger partial charge in [0, 0.05) is 28.5 Å². The van der Waals surface area contributed by atoms with Gasteiger partial charge in [0.25, 0.3) is 11.8 Å². The Balaban J connectivity index is 1.76. The number of nitriles is 1. The summed E-state index contributed by atoms with van der Waals surface area (Å²) in [5.74, 6) is -1.21. The van der Waals surface area contributed by atoms with Crippen molar-refractivity contribution in [3.8, 4) is 12.0 Å². The fourth-order valence-corrected chi connectivity index (χ4v) is 5.65. The van der Waals surface area contributed by atoms with Crippen molar-refractivity contribution >= 4 is 66.9 Å². The van der Waals surface area contributed by atoms with Crippen LogP contribution in [0.2, 0.25) is 10.0 Å². The molecule has 2 amide bonds. The van der Waals surface area contributed by atoms with Crippen LogP contribution in [0.25, 0.3) is 5.82 Å². The highest BCUT2D eigenvalue weighted by Crippen LogP contribution is 2.29. The number of anilines is 2. The second-order valence-electron chi connectivity index (χ2n) is 8.37. The molecule has 39 heavy (non-hydrogen) atoms. The average Bonchev–Trinajstić information content (AvgIpc) is 3.46. The maximum absolute atomic E-state index is 13.6. The third-order valence-electron chi connectivity index (χ3n) is 5.21. The number of thiazole rings is 1. The second kappa shape index (κ2) is 11.5. The highest BCUT2D eigenvalue weighted by atomic mass is 35.5. The number of rotatable bonds is 7. The van der Waals surface area contributed by atoms with Crippen molar-refractivity contribution in [2.45, 2.75) is 19.6 Å². The van der Waals surface area contributed by atoms with Gasteiger partial charge in [-0.25, -0.2) is 18.9 Å². The van der Waals surface area contributed by atoms with Gasteiger partial charge in [-0.05, 0) is 49.7 Å². The van der Waals surface area contributed by atoms with Gasteiger partial charge in [-0.15, -0.1) is 15.7 Å². The van der Waals surface area contributed by atoms with Crippen LogP contribution in [0, 0.1) is 25.3 Å². The summed E-state index contributed by atoms with van der Waals surface area (Å²) in [6.07, 6.45) is 5.96. The summed E-state index contributed by atoms with van der Waals surface area (Å²) in [6, 6.07) is 7.64. The molecular formula is C24H20Cl2N8O3S2. The summed E-state index contributed by atoms with van der Waals surface area (Å²) >= 11 is 13.9. The molecule has 2 N–H and O–H groups in total. The van der Waals surface area contributed by atoms with Crippen LogP contribution >= 0.6 is 34.5 Å². The number of nitrogens with zero attached hydrogens (tertiary/aromatic N) is 6. The molecule has 4 aromatic rings. The molecule has 200 valence electrons. The zero-order valence-electron chi connectivity index (χ0n) is 20.7. The molecular weight excluding hydrogens is 583 g/mol. The third kappa shape index (κ3) is 6.61. The van der Waals surface area contributed by atoms with Crippen LogP contribution in [0.1, 0.15) is 37.0 Å². The zero-order chi connectivity index (χ0) is 28.3. The molecule has 0 bridgehead atoms. The largest absolute Gasteiger partial charge is 0.320 e. The first-order valence-electron chi connectivity index (χ1n) is 11.1. The Kier molecular flexibility index (Phi) is 8.31. The van der Waals surface area contributed by atoms with Gasteiger partial charge in [-0.3, -0.25) is 14.9 Å². The van der Waals surface area contributed by atoms with E-state index in [1.807, 2.05) is 6.92 Å². The number of carbonyl (C=O) groups excluding carboxylic acids is 2. The number of carbonyl (C=O) groups is 2. The van der Waals surface area contributed by atoms with E-state index in [0.717, 1.165) is 4.88 Å². The van der Waals surface area contributed by atoms with E-state index >= 15 is 0 Å². The van der Waals surface area contributed by atoms with Gasteiger partial charge >= 0.3 is 0 Å². The topological polar surface area (TPSA) is 155 Å². The summed E-state index contributed by atoms with van der Waals surface area (Å²) in [7, 11) is -2.94. The molecule has 0 aliphatic heterocycles. The standard InChI is InChI=1S/C24H20Cl2N8O3S2/c1-13-7-15(25)8-17(22(35)32-24-29-10-14(2)38-24)20(13)31-23(36)19-9-16(11-39(3,37)30-12-27)33-34(19)21-18(26)5-4-6-28-21/h4-10H,11H2,1-3H3,(H,31,36)(H,29,32,35). The number of hydrogen-bond acceptors (Lipinski definition) is 9. The summed E-state index contributed by atoms with van der Waals surface area (Å²) < 4.78 is 17.3. The Labute approximate surface area is 238 Å². The van der Waals surface area contributed by atoms with E-state index in [1.54, 1.807) is 37.5 Å². The van der Waals surface area contributed by atoms with Crippen LogP contribution in [0.5, 0.6) is 0 Å². The Bertz CT molecular complexity index is 1770. The van der Waals surface area contributed by atoms with Gasteiger partial charge in [0.1, 0.15) is 5.69 Å². The minimum absolute atomic E-state index is 0.00554. The zero-order valence-corrected chi connectivity index (χ0v) is 23.9. The SMILES string of the molecule is Cc1cnc(NC(=O)c2cc(Cl)cc(C)c2NC(=O)c2cc(CS(C)(=O)=NC#N)nn2-c2ncccc2Cl)s1. The molecule has 0 fully saturated rings. The van der Waals surface area contributed by atoms with Gasteiger partial charge < -0.3 is 5.32 Å². The number of pyridine rings is 1. The quantitative estimate of drug-likeness (QED) is 0.274. The fraction of sp³-hybridized carbons (Fsp3) is 0.167. The molecule has 1 unspecified atom stereocenters. The van der Waals surface area contributed by atoms with E-state index in [-0.39, 0.29) is 39.2 Å². The molecule has 1 aromatic carbocycles. The molecule has 3 aromatic heterocycles. The van der Waals surface area contributed by atoms with E-state index in [0.29, 0.717) is 15.7 Å². The summed E-state index contributed by atoms with van der Waals surface area (Å²) in [4.78, 5) is 36.1. The normalized spacial score (nSPS) is 12.3. The predicted octanol–water partition coefficient (Wildman–Crippen LogP) is 5.23. The van der Waals surface area contributed by atoms with Crippen LogP contribution in [0.3, 0.4) is 0 Å². The molecule has 0 saturated carbocycles. The van der Waals surface area contributed by atoms with Crippen molar-refractivity contribution in [1.82, 2.24) is 19.7 Å². The number of aryl methyl sites for hydroxylation is 2. The number of benzene rings is 1. The van der Waals surface area contributed by atoms with Gasteiger partial charge in [0.15, 0.2) is 10.9 Å². The molecule has 15 heteroatoms. The van der Waals surface area contributed by atoms with Crippen molar-refractivity contribution in [2.24, 2.45) is 4.36 Å². The molecule has 0 aliphatic carbocycles. The lowest BCUT2D eigenvalue weighted by atomic mass is 10.1. The number of halogens is 2. The van der Waals surface area contributed by atoms with E-state index in [1.165, 1.54) is 40.6 Å².